The number of ether oxygens (including phenoxy) is 2. The fraction of sp³-hybridized carbons (Fsp3) is 0.455. The Morgan fingerprint density at radius 3 is 1.38 bits per heavy atom. The summed E-state index contributed by atoms with van der Waals surface area (Å²) in [7, 11) is 0. The lowest BCUT2D eigenvalue weighted by atomic mass is 10.3. The van der Waals surface area contributed by atoms with Crippen LogP contribution < -0.4 is 9.47 Å². The van der Waals surface area contributed by atoms with Gasteiger partial charge in [0.25, 0.3) is 0 Å². The van der Waals surface area contributed by atoms with Crippen molar-refractivity contribution < 1.29 is 19.7 Å². The third kappa shape index (κ3) is 6.12. The summed E-state index contributed by atoms with van der Waals surface area (Å²) in [6, 6.07) is 7.08. The first-order chi connectivity index (χ1) is 15.2. The van der Waals surface area contributed by atoms with E-state index in [0.717, 1.165) is 31.7 Å². The van der Waals surface area contributed by atoms with E-state index in [1.165, 1.54) is 0 Å². The summed E-state index contributed by atoms with van der Waals surface area (Å²) in [5.74, 6) is 1.25. The molecule has 0 saturated carbocycles. The van der Waals surface area contributed by atoms with E-state index in [1.54, 1.807) is 33.6 Å². The number of aromatic nitrogens is 4. The Kier molecular flexibility index (Phi) is 8.37. The summed E-state index contributed by atoms with van der Waals surface area (Å²) in [6.45, 7) is 8.72. The van der Waals surface area contributed by atoms with E-state index in [-0.39, 0.29) is 13.2 Å². The zero-order chi connectivity index (χ0) is 23.4. The van der Waals surface area contributed by atoms with Gasteiger partial charge in [-0.05, 0) is 83.8 Å². The van der Waals surface area contributed by atoms with Gasteiger partial charge in [-0.2, -0.15) is 10.2 Å². The number of nitrogens with zero attached hydrogens (tertiary/aromatic N) is 4. The molecule has 0 fully saturated rings. The van der Waals surface area contributed by atoms with Crippen molar-refractivity contribution in [2.75, 3.05) is 13.2 Å². The molecule has 0 spiro atoms. The van der Waals surface area contributed by atoms with Gasteiger partial charge >= 0.3 is 0 Å². The Bertz CT molecular complexity index is 966. The Morgan fingerprint density at radius 1 is 0.750 bits per heavy atom. The zero-order valence-corrected chi connectivity index (χ0v) is 21.7. The average molecular weight is 572 g/mol. The highest BCUT2D eigenvalue weighted by molar-refractivity contribution is 9.10. The number of aliphatic hydroxyl groups is 2. The van der Waals surface area contributed by atoms with Gasteiger partial charge in [0.1, 0.15) is 36.9 Å². The number of halogens is 2. The van der Waals surface area contributed by atoms with Crippen LogP contribution in [0.3, 0.4) is 0 Å². The molecular weight excluding hydrogens is 544 g/mol. The highest BCUT2D eigenvalue weighted by Gasteiger charge is 2.15. The molecule has 10 heteroatoms. The maximum Gasteiger partial charge on any atom is 0.119 e. The fourth-order valence-electron chi connectivity index (χ4n) is 3.23. The summed E-state index contributed by atoms with van der Waals surface area (Å²) in [4.78, 5) is 0. The molecule has 2 unspecified atom stereocenters. The topological polar surface area (TPSA) is 94.6 Å². The normalized spacial score (nSPS) is 13.2. The molecule has 1 aromatic carbocycles. The first-order valence-corrected chi connectivity index (χ1v) is 11.8. The monoisotopic (exact) mass is 570 g/mol. The maximum absolute atomic E-state index is 10.3. The minimum absolute atomic E-state index is 0.146. The van der Waals surface area contributed by atoms with Crippen molar-refractivity contribution in [1.82, 2.24) is 19.6 Å². The second-order valence-corrected chi connectivity index (χ2v) is 9.32. The maximum atomic E-state index is 10.3. The van der Waals surface area contributed by atoms with Crippen LogP contribution in [0.25, 0.3) is 0 Å². The molecule has 0 aliphatic heterocycles. The second kappa shape index (κ2) is 10.8. The Morgan fingerprint density at radius 2 is 1.09 bits per heavy atom. The van der Waals surface area contributed by atoms with Crippen LogP contribution in [0.15, 0.2) is 33.2 Å². The van der Waals surface area contributed by atoms with Gasteiger partial charge in [0.2, 0.25) is 0 Å². The van der Waals surface area contributed by atoms with E-state index < -0.39 is 12.2 Å². The second-order valence-electron chi connectivity index (χ2n) is 7.73. The molecule has 2 heterocycles. The minimum Gasteiger partial charge on any atom is -0.491 e. The molecule has 174 valence electrons. The quantitative estimate of drug-likeness (QED) is 0.385. The zero-order valence-electron chi connectivity index (χ0n) is 18.5. The van der Waals surface area contributed by atoms with E-state index >= 15 is 0 Å². The van der Waals surface area contributed by atoms with E-state index in [4.69, 9.17) is 9.47 Å². The standard InChI is InChI=1S/C22H28Br2N4O4/c1-13-21(23)15(3)27(25-13)9-17(29)11-31-19-5-7-20(8-6-19)32-12-18(30)10-28-16(4)22(24)14(2)26-28/h5-8,17-18,29-30H,9-12H2,1-4H3. The first-order valence-electron chi connectivity index (χ1n) is 10.3. The summed E-state index contributed by atoms with van der Waals surface area (Å²) in [5.41, 5.74) is 3.71. The molecular formula is C22H28Br2N4O4. The lowest BCUT2D eigenvalue weighted by Gasteiger charge is -2.15. The van der Waals surface area contributed by atoms with Crippen molar-refractivity contribution in [1.29, 1.82) is 0 Å². The molecule has 0 radical (unpaired) electrons. The molecule has 0 saturated heterocycles. The fourth-order valence-corrected chi connectivity index (χ4v) is 3.80. The van der Waals surface area contributed by atoms with Crippen LogP contribution in [0.2, 0.25) is 0 Å². The van der Waals surface area contributed by atoms with Crippen LogP contribution in [-0.2, 0) is 13.1 Å². The third-order valence-corrected chi connectivity index (χ3v) is 7.36. The third-order valence-electron chi connectivity index (χ3n) is 5.06. The van der Waals surface area contributed by atoms with Gasteiger partial charge in [0.15, 0.2) is 0 Å². The van der Waals surface area contributed by atoms with Gasteiger partial charge < -0.3 is 19.7 Å². The summed E-state index contributed by atoms with van der Waals surface area (Å²) < 4.78 is 16.8. The van der Waals surface area contributed by atoms with Crippen LogP contribution in [0.1, 0.15) is 22.8 Å². The van der Waals surface area contributed by atoms with Gasteiger partial charge in [-0.1, -0.05) is 0 Å². The van der Waals surface area contributed by atoms with E-state index in [1.807, 2.05) is 27.7 Å². The molecule has 2 atom stereocenters. The van der Waals surface area contributed by atoms with Crippen molar-refractivity contribution in [3.05, 3.63) is 56.0 Å². The number of hydrogen-bond acceptors (Lipinski definition) is 6. The van der Waals surface area contributed by atoms with E-state index in [0.29, 0.717) is 24.6 Å². The molecule has 3 rings (SSSR count). The molecule has 2 aromatic heterocycles. The summed E-state index contributed by atoms with van der Waals surface area (Å²) in [5, 5.41) is 29.4. The van der Waals surface area contributed by atoms with Crippen molar-refractivity contribution in [2.24, 2.45) is 0 Å². The SMILES string of the molecule is Cc1nn(CC(O)COc2ccc(OCC(O)Cn3nc(C)c(Br)c3C)cc2)c(C)c1Br. The highest BCUT2D eigenvalue weighted by Crippen LogP contribution is 2.22. The van der Waals surface area contributed by atoms with Crippen LogP contribution >= 0.6 is 31.9 Å². The van der Waals surface area contributed by atoms with E-state index in [9.17, 15) is 10.2 Å². The highest BCUT2D eigenvalue weighted by atomic mass is 79.9. The lowest BCUT2D eigenvalue weighted by molar-refractivity contribution is 0.0869. The van der Waals surface area contributed by atoms with Crippen LogP contribution in [0.5, 0.6) is 11.5 Å². The van der Waals surface area contributed by atoms with Gasteiger partial charge in [0.05, 0.1) is 33.4 Å². The van der Waals surface area contributed by atoms with Crippen molar-refractivity contribution in [3.63, 3.8) is 0 Å². The van der Waals surface area contributed by atoms with Gasteiger partial charge in [0, 0.05) is 11.4 Å². The van der Waals surface area contributed by atoms with E-state index in [2.05, 4.69) is 42.1 Å². The van der Waals surface area contributed by atoms with Crippen LogP contribution in [0, 0.1) is 27.7 Å². The van der Waals surface area contributed by atoms with Crippen LogP contribution in [0.4, 0.5) is 0 Å². The van der Waals surface area contributed by atoms with Gasteiger partial charge in [-0.15, -0.1) is 0 Å². The molecule has 8 nitrogen and oxygen atoms in total. The first kappa shape index (κ1) is 24.8. The average Bonchev–Trinajstić information content (AvgIpc) is 3.15. The summed E-state index contributed by atoms with van der Waals surface area (Å²) in [6.07, 6.45) is -1.39. The Hall–Kier alpha value is -1.88. The number of rotatable bonds is 10. The number of aliphatic hydroxyl groups excluding tert-OH is 2. The Balaban J connectivity index is 1.44. The number of benzene rings is 1. The summed E-state index contributed by atoms with van der Waals surface area (Å²) >= 11 is 6.97. The lowest BCUT2D eigenvalue weighted by Crippen LogP contribution is -2.25. The largest absolute Gasteiger partial charge is 0.491 e. The smallest absolute Gasteiger partial charge is 0.119 e. The van der Waals surface area contributed by atoms with Crippen molar-refractivity contribution in [3.8, 4) is 11.5 Å². The molecule has 0 amide bonds. The molecule has 0 aliphatic rings. The minimum atomic E-state index is -0.694. The predicted octanol–water partition coefficient (Wildman–Crippen LogP) is 3.72. The van der Waals surface area contributed by atoms with Crippen LogP contribution in [-0.4, -0.2) is 55.2 Å². The predicted molar refractivity (Wildman–Crippen MR) is 128 cm³/mol. The van der Waals surface area contributed by atoms with Gasteiger partial charge in [-0.3, -0.25) is 9.36 Å². The molecule has 3 aromatic rings. The van der Waals surface area contributed by atoms with Gasteiger partial charge in [-0.25, -0.2) is 0 Å². The molecule has 32 heavy (non-hydrogen) atoms. The number of hydrogen-bond donors (Lipinski definition) is 2. The number of aryl methyl sites for hydroxylation is 2. The molecule has 2 N–H and O–H groups in total. The Labute approximate surface area is 204 Å². The molecule has 0 bridgehead atoms. The van der Waals surface area contributed by atoms with Crippen molar-refractivity contribution >= 4 is 31.9 Å². The van der Waals surface area contributed by atoms with Crippen molar-refractivity contribution in [2.45, 2.75) is 53.0 Å². The molecule has 0 aliphatic carbocycles.